The predicted octanol–water partition coefficient (Wildman–Crippen LogP) is 0.913. The van der Waals surface area contributed by atoms with Crippen LogP contribution >= 0.6 is 0 Å². The summed E-state index contributed by atoms with van der Waals surface area (Å²) in [7, 11) is 1.97. The van der Waals surface area contributed by atoms with Crippen LogP contribution in [0.4, 0.5) is 0 Å². The van der Waals surface area contributed by atoms with Crippen LogP contribution in [0.2, 0.25) is 0 Å². The highest BCUT2D eigenvalue weighted by Crippen LogP contribution is 2.31. The van der Waals surface area contributed by atoms with Gasteiger partial charge in [-0.25, -0.2) is 0 Å². The molecule has 1 amide bonds. The van der Waals surface area contributed by atoms with E-state index < -0.39 is 0 Å². The number of nitrogens with zero attached hydrogens (tertiary/aromatic N) is 1. The van der Waals surface area contributed by atoms with Crippen LogP contribution < -0.4 is 11.1 Å². The molecule has 1 aliphatic carbocycles. The monoisotopic (exact) mass is 221 g/mol. The van der Waals surface area contributed by atoms with E-state index in [2.05, 4.69) is 5.32 Å². The Kier molecular flexibility index (Phi) is 3.01. The summed E-state index contributed by atoms with van der Waals surface area (Å²) in [6, 6.07) is 2.00. The highest BCUT2D eigenvalue weighted by Gasteiger charge is 2.34. The molecule has 0 bridgehead atoms. The maximum Gasteiger partial charge on any atom is 0.222 e. The molecule has 1 fully saturated rings. The third kappa shape index (κ3) is 2.64. The lowest BCUT2D eigenvalue weighted by molar-refractivity contribution is -0.123. The molecular formula is C12H19N3O. The number of hydrogen-bond donors (Lipinski definition) is 2. The maximum atomic E-state index is 11.6. The van der Waals surface area contributed by atoms with Crippen molar-refractivity contribution < 1.29 is 4.79 Å². The van der Waals surface area contributed by atoms with E-state index >= 15 is 0 Å². The van der Waals surface area contributed by atoms with E-state index in [0.29, 0.717) is 13.0 Å². The van der Waals surface area contributed by atoms with E-state index in [1.807, 2.05) is 30.1 Å². The third-order valence-corrected chi connectivity index (χ3v) is 3.24. The van der Waals surface area contributed by atoms with Gasteiger partial charge in [0, 0.05) is 37.9 Å². The maximum absolute atomic E-state index is 11.6. The minimum Gasteiger partial charge on any atom is -0.357 e. The van der Waals surface area contributed by atoms with E-state index in [-0.39, 0.29) is 11.4 Å². The van der Waals surface area contributed by atoms with Crippen LogP contribution in [0.1, 0.15) is 31.2 Å². The Labute approximate surface area is 95.8 Å². The molecule has 16 heavy (non-hydrogen) atoms. The van der Waals surface area contributed by atoms with E-state index in [1.54, 1.807) is 0 Å². The number of carbonyl (C=O) groups excluding carboxylic acids is 1. The van der Waals surface area contributed by atoms with Crippen molar-refractivity contribution in [3.05, 3.63) is 24.0 Å². The molecule has 4 heteroatoms. The number of nitrogens with two attached hydrogens (primary N) is 1. The van der Waals surface area contributed by atoms with E-state index in [9.17, 15) is 4.79 Å². The second-order valence-corrected chi connectivity index (χ2v) is 4.85. The van der Waals surface area contributed by atoms with Crippen molar-refractivity contribution >= 4 is 5.91 Å². The number of amides is 1. The van der Waals surface area contributed by atoms with Gasteiger partial charge in [0.15, 0.2) is 0 Å². The molecule has 0 aromatic carbocycles. The largest absolute Gasteiger partial charge is 0.357 e. The predicted molar refractivity (Wildman–Crippen MR) is 62.6 cm³/mol. The Balaban J connectivity index is 1.75. The first kappa shape index (κ1) is 11.2. The van der Waals surface area contributed by atoms with Crippen molar-refractivity contribution in [3.8, 4) is 0 Å². The van der Waals surface area contributed by atoms with Crippen LogP contribution in [-0.4, -0.2) is 16.0 Å². The van der Waals surface area contributed by atoms with Gasteiger partial charge in [0.05, 0.1) is 0 Å². The zero-order chi connectivity index (χ0) is 11.6. The summed E-state index contributed by atoms with van der Waals surface area (Å²) in [6.45, 7) is 0.593. The number of rotatable bonds is 4. The summed E-state index contributed by atoms with van der Waals surface area (Å²) < 4.78 is 1.97. The Bertz CT molecular complexity index is 379. The Morgan fingerprint density at radius 2 is 2.38 bits per heavy atom. The molecule has 1 heterocycles. The van der Waals surface area contributed by atoms with Crippen LogP contribution in [0.3, 0.4) is 0 Å². The topological polar surface area (TPSA) is 60.0 Å². The molecule has 1 aliphatic rings. The number of aryl methyl sites for hydroxylation is 1. The quantitative estimate of drug-likeness (QED) is 0.794. The Morgan fingerprint density at radius 3 is 2.88 bits per heavy atom. The first-order valence-electron chi connectivity index (χ1n) is 5.74. The Hall–Kier alpha value is -1.29. The van der Waals surface area contributed by atoms with E-state index in [4.69, 9.17) is 5.73 Å². The van der Waals surface area contributed by atoms with Crippen molar-refractivity contribution in [1.29, 1.82) is 0 Å². The lowest BCUT2D eigenvalue weighted by atomic mass is 9.75. The van der Waals surface area contributed by atoms with E-state index in [0.717, 1.165) is 24.8 Å². The molecule has 88 valence electrons. The Morgan fingerprint density at radius 1 is 1.62 bits per heavy atom. The van der Waals surface area contributed by atoms with Gasteiger partial charge >= 0.3 is 0 Å². The third-order valence-electron chi connectivity index (χ3n) is 3.24. The summed E-state index contributed by atoms with van der Waals surface area (Å²) >= 11 is 0. The summed E-state index contributed by atoms with van der Waals surface area (Å²) in [5, 5.41) is 2.90. The van der Waals surface area contributed by atoms with Gasteiger partial charge in [-0.05, 0) is 30.9 Å². The van der Waals surface area contributed by atoms with Gasteiger partial charge in [-0.2, -0.15) is 0 Å². The molecule has 3 N–H and O–H groups in total. The lowest BCUT2D eigenvalue weighted by Gasteiger charge is -2.37. The second kappa shape index (κ2) is 4.29. The van der Waals surface area contributed by atoms with Gasteiger partial charge in [0.2, 0.25) is 5.91 Å². The minimum absolute atomic E-state index is 0.0612. The van der Waals surface area contributed by atoms with Crippen LogP contribution in [0.25, 0.3) is 0 Å². The van der Waals surface area contributed by atoms with Gasteiger partial charge in [-0.3, -0.25) is 4.79 Å². The highest BCUT2D eigenvalue weighted by atomic mass is 16.1. The standard InChI is InChI=1S/C12H19N3O/c1-15-6-3-10(9-15)8-14-11(16)7-12(13)4-2-5-12/h3,6,9H,2,4-5,7-8,13H2,1H3,(H,14,16). The summed E-state index contributed by atoms with van der Waals surface area (Å²) in [6.07, 6.45) is 7.54. The normalized spacial score (nSPS) is 17.9. The summed E-state index contributed by atoms with van der Waals surface area (Å²) in [5.74, 6) is 0.0612. The van der Waals surface area contributed by atoms with Gasteiger partial charge < -0.3 is 15.6 Å². The molecule has 0 unspecified atom stereocenters. The molecule has 0 aliphatic heterocycles. The fraction of sp³-hybridized carbons (Fsp3) is 0.583. The van der Waals surface area contributed by atoms with Crippen molar-refractivity contribution in [2.75, 3.05) is 0 Å². The molecule has 1 aromatic rings. The number of aromatic nitrogens is 1. The molecule has 4 nitrogen and oxygen atoms in total. The first-order valence-corrected chi connectivity index (χ1v) is 5.74. The molecule has 0 radical (unpaired) electrons. The molecule has 1 aromatic heterocycles. The fourth-order valence-electron chi connectivity index (χ4n) is 2.06. The SMILES string of the molecule is Cn1ccc(CNC(=O)CC2(N)CCC2)c1. The minimum atomic E-state index is -0.221. The number of hydrogen-bond acceptors (Lipinski definition) is 2. The number of nitrogens with one attached hydrogen (secondary N) is 1. The van der Waals surface area contributed by atoms with Gasteiger partial charge in [-0.1, -0.05) is 0 Å². The van der Waals surface area contributed by atoms with Crippen LogP contribution in [0, 0.1) is 0 Å². The van der Waals surface area contributed by atoms with Crippen molar-refractivity contribution in [2.45, 2.75) is 37.8 Å². The van der Waals surface area contributed by atoms with Crippen LogP contribution in [-0.2, 0) is 18.4 Å². The molecule has 0 saturated heterocycles. The van der Waals surface area contributed by atoms with Crippen molar-refractivity contribution in [3.63, 3.8) is 0 Å². The fourth-order valence-corrected chi connectivity index (χ4v) is 2.06. The summed E-state index contributed by atoms with van der Waals surface area (Å²) in [4.78, 5) is 11.6. The molecule has 0 spiro atoms. The smallest absolute Gasteiger partial charge is 0.222 e. The van der Waals surface area contributed by atoms with Crippen molar-refractivity contribution in [2.24, 2.45) is 12.8 Å². The van der Waals surface area contributed by atoms with Gasteiger partial charge in [0.25, 0.3) is 0 Å². The van der Waals surface area contributed by atoms with Crippen molar-refractivity contribution in [1.82, 2.24) is 9.88 Å². The zero-order valence-corrected chi connectivity index (χ0v) is 9.70. The zero-order valence-electron chi connectivity index (χ0n) is 9.70. The molecular weight excluding hydrogens is 202 g/mol. The average molecular weight is 221 g/mol. The second-order valence-electron chi connectivity index (χ2n) is 4.85. The van der Waals surface area contributed by atoms with Crippen LogP contribution in [0.15, 0.2) is 18.5 Å². The molecule has 1 saturated carbocycles. The highest BCUT2D eigenvalue weighted by molar-refractivity contribution is 5.77. The van der Waals surface area contributed by atoms with Crippen LogP contribution in [0.5, 0.6) is 0 Å². The molecule has 2 rings (SSSR count). The van der Waals surface area contributed by atoms with Gasteiger partial charge in [0.1, 0.15) is 0 Å². The average Bonchev–Trinajstić information content (AvgIpc) is 2.59. The first-order chi connectivity index (χ1) is 7.57. The summed E-state index contributed by atoms with van der Waals surface area (Å²) in [5.41, 5.74) is 6.91. The van der Waals surface area contributed by atoms with E-state index in [1.165, 1.54) is 0 Å². The molecule has 0 atom stereocenters. The number of carbonyl (C=O) groups is 1. The lowest BCUT2D eigenvalue weighted by Crippen LogP contribution is -2.49. The van der Waals surface area contributed by atoms with Gasteiger partial charge in [-0.15, -0.1) is 0 Å².